The monoisotopic (exact) mass is 251 g/mol. The Morgan fingerprint density at radius 3 is 2.83 bits per heavy atom. The van der Waals surface area contributed by atoms with Crippen molar-refractivity contribution >= 4 is 0 Å². The van der Waals surface area contributed by atoms with E-state index < -0.39 is 6.10 Å². The molecule has 0 radical (unpaired) electrons. The molecule has 2 heterocycles. The molecule has 0 bridgehead atoms. The van der Waals surface area contributed by atoms with E-state index in [4.69, 9.17) is 4.74 Å². The molecular formula is C13H21N3O2. The van der Waals surface area contributed by atoms with Crippen molar-refractivity contribution < 1.29 is 9.84 Å². The zero-order valence-electron chi connectivity index (χ0n) is 10.5. The Hall–Kier alpha value is -1.17. The quantitative estimate of drug-likeness (QED) is 0.672. The first-order valence-corrected chi connectivity index (χ1v) is 6.49. The Morgan fingerprint density at radius 1 is 1.39 bits per heavy atom. The van der Waals surface area contributed by atoms with Crippen LogP contribution in [-0.2, 0) is 0 Å². The van der Waals surface area contributed by atoms with Crippen LogP contribution in [0.15, 0.2) is 24.5 Å². The van der Waals surface area contributed by atoms with E-state index in [9.17, 15) is 5.11 Å². The smallest absolute Gasteiger partial charge is 0.122 e. The predicted molar refractivity (Wildman–Crippen MR) is 69.6 cm³/mol. The number of rotatable bonds is 6. The summed E-state index contributed by atoms with van der Waals surface area (Å²) in [7, 11) is 0. The lowest BCUT2D eigenvalue weighted by atomic mass is 10.1. The average molecular weight is 251 g/mol. The summed E-state index contributed by atoms with van der Waals surface area (Å²) in [6.07, 6.45) is 5.12. The van der Waals surface area contributed by atoms with Gasteiger partial charge >= 0.3 is 0 Å². The lowest BCUT2D eigenvalue weighted by molar-refractivity contribution is 0.102. The molecule has 0 aliphatic carbocycles. The van der Waals surface area contributed by atoms with Crippen molar-refractivity contribution in [1.82, 2.24) is 15.6 Å². The number of ether oxygens (including phenoxy) is 1. The number of pyridine rings is 1. The SMILES string of the molecule is OC(CNC1CCNCC1)COc1ccncc1. The van der Waals surface area contributed by atoms with Crippen molar-refractivity contribution in [3.05, 3.63) is 24.5 Å². The fourth-order valence-corrected chi connectivity index (χ4v) is 2.01. The number of hydrogen-bond acceptors (Lipinski definition) is 5. The van der Waals surface area contributed by atoms with E-state index in [1.54, 1.807) is 24.5 Å². The molecule has 1 aliphatic rings. The number of aromatic nitrogens is 1. The number of piperidine rings is 1. The van der Waals surface area contributed by atoms with Crippen LogP contribution in [0.5, 0.6) is 5.75 Å². The minimum absolute atomic E-state index is 0.308. The number of hydrogen-bond donors (Lipinski definition) is 3. The standard InChI is InChI=1S/C13H21N3O2/c17-12(9-16-11-1-5-14-6-2-11)10-18-13-3-7-15-8-4-13/h3-4,7-8,11-12,14,16-17H,1-2,5-6,9-10H2. The molecule has 2 rings (SSSR count). The van der Waals surface area contributed by atoms with Gasteiger partial charge in [-0.1, -0.05) is 0 Å². The van der Waals surface area contributed by atoms with Crippen LogP contribution in [0, 0.1) is 0 Å². The van der Waals surface area contributed by atoms with Crippen LogP contribution in [-0.4, -0.2) is 48.5 Å². The molecule has 5 heteroatoms. The second kappa shape index (κ2) is 7.31. The maximum absolute atomic E-state index is 9.82. The van der Waals surface area contributed by atoms with Gasteiger partial charge in [-0.3, -0.25) is 4.98 Å². The predicted octanol–water partition coefficient (Wildman–Crippen LogP) is 0.163. The second-order valence-corrected chi connectivity index (χ2v) is 4.58. The molecular weight excluding hydrogens is 230 g/mol. The van der Waals surface area contributed by atoms with Gasteiger partial charge in [-0.25, -0.2) is 0 Å². The van der Waals surface area contributed by atoms with Crippen molar-refractivity contribution in [2.75, 3.05) is 26.2 Å². The molecule has 5 nitrogen and oxygen atoms in total. The topological polar surface area (TPSA) is 66.4 Å². The van der Waals surface area contributed by atoms with Gasteiger partial charge in [0.2, 0.25) is 0 Å². The third-order valence-corrected chi connectivity index (χ3v) is 3.07. The molecule has 1 unspecified atom stereocenters. The van der Waals surface area contributed by atoms with Gasteiger partial charge in [0.25, 0.3) is 0 Å². The minimum atomic E-state index is -0.479. The zero-order chi connectivity index (χ0) is 12.6. The zero-order valence-corrected chi connectivity index (χ0v) is 10.5. The summed E-state index contributed by atoms with van der Waals surface area (Å²) in [5.41, 5.74) is 0. The van der Waals surface area contributed by atoms with E-state index in [0.29, 0.717) is 19.2 Å². The molecule has 0 aromatic carbocycles. The number of nitrogens with zero attached hydrogens (tertiary/aromatic N) is 1. The Kier molecular flexibility index (Phi) is 5.38. The summed E-state index contributed by atoms with van der Waals surface area (Å²) in [5.74, 6) is 0.742. The molecule has 3 N–H and O–H groups in total. The normalized spacial score (nSPS) is 18.5. The van der Waals surface area contributed by atoms with Crippen LogP contribution < -0.4 is 15.4 Å². The number of aliphatic hydroxyl groups excluding tert-OH is 1. The molecule has 1 aromatic rings. The Balaban J connectivity index is 1.61. The third-order valence-electron chi connectivity index (χ3n) is 3.07. The average Bonchev–Trinajstić information content (AvgIpc) is 2.45. The lowest BCUT2D eigenvalue weighted by Crippen LogP contribution is -2.43. The largest absolute Gasteiger partial charge is 0.491 e. The summed E-state index contributed by atoms with van der Waals surface area (Å²) in [6, 6.07) is 4.08. The van der Waals surface area contributed by atoms with Gasteiger partial charge in [-0.2, -0.15) is 0 Å². The summed E-state index contributed by atoms with van der Waals surface area (Å²) >= 11 is 0. The van der Waals surface area contributed by atoms with E-state index in [-0.39, 0.29) is 0 Å². The molecule has 0 saturated carbocycles. The van der Waals surface area contributed by atoms with Crippen LogP contribution in [0.2, 0.25) is 0 Å². The van der Waals surface area contributed by atoms with Gasteiger partial charge in [0.1, 0.15) is 18.5 Å². The van der Waals surface area contributed by atoms with Gasteiger partial charge in [0.15, 0.2) is 0 Å². The van der Waals surface area contributed by atoms with Crippen LogP contribution in [0.4, 0.5) is 0 Å². The van der Waals surface area contributed by atoms with E-state index >= 15 is 0 Å². The first-order chi connectivity index (χ1) is 8.84. The summed E-state index contributed by atoms with van der Waals surface area (Å²) in [6.45, 7) is 3.00. The van der Waals surface area contributed by atoms with E-state index in [1.165, 1.54) is 0 Å². The van der Waals surface area contributed by atoms with Gasteiger partial charge in [-0.05, 0) is 38.1 Å². The maximum Gasteiger partial charge on any atom is 0.122 e. The first kappa shape index (κ1) is 13.3. The van der Waals surface area contributed by atoms with Crippen molar-refractivity contribution in [1.29, 1.82) is 0 Å². The Bertz CT molecular complexity index is 328. The van der Waals surface area contributed by atoms with Crippen molar-refractivity contribution in [3.63, 3.8) is 0 Å². The Labute approximate surface area is 108 Å². The molecule has 1 atom stereocenters. The van der Waals surface area contributed by atoms with Crippen LogP contribution in [0.1, 0.15) is 12.8 Å². The maximum atomic E-state index is 9.82. The molecule has 1 aromatic heterocycles. The summed E-state index contributed by atoms with van der Waals surface area (Å²) in [4.78, 5) is 3.91. The highest BCUT2D eigenvalue weighted by molar-refractivity contribution is 5.16. The lowest BCUT2D eigenvalue weighted by Gasteiger charge is -2.25. The van der Waals surface area contributed by atoms with E-state index in [1.807, 2.05) is 0 Å². The molecule has 18 heavy (non-hydrogen) atoms. The third kappa shape index (κ3) is 4.60. The summed E-state index contributed by atoms with van der Waals surface area (Å²) in [5, 5.41) is 16.5. The molecule has 0 spiro atoms. The van der Waals surface area contributed by atoms with Crippen molar-refractivity contribution in [2.24, 2.45) is 0 Å². The van der Waals surface area contributed by atoms with Crippen molar-refractivity contribution in [3.8, 4) is 5.75 Å². The van der Waals surface area contributed by atoms with Crippen LogP contribution in [0.25, 0.3) is 0 Å². The number of aliphatic hydroxyl groups is 1. The van der Waals surface area contributed by atoms with Gasteiger partial charge < -0.3 is 20.5 Å². The van der Waals surface area contributed by atoms with Gasteiger partial charge in [0.05, 0.1) is 0 Å². The van der Waals surface area contributed by atoms with Crippen molar-refractivity contribution in [2.45, 2.75) is 25.0 Å². The molecule has 0 amide bonds. The second-order valence-electron chi connectivity index (χ2n) is 4.58. The number of nitrogens with one attached hydrogen (secondary N) is 2. The van der Waals surface area contributed by atoms with Crippen LogP contribution in [0.3, 0.4) is 0 Å². The van der Waals surface area contributed by atoms with E-state index in [0.717, 1.165) is 31.7 Å². The molecule has 100 valence electrons. The van der Waals surface area contributed by atoms with E-state index in [2.05, 4.69) is 15.6 Å². The van der Waals surface area contributed by atoms with Gasteiger partial charge in [-0.15, -0.1) is 0 Å². The molecule has 1 aliphatic heterocycles. The highest BCUT2D eigenvalue weighted by Crippen LogP contribution is 2.07. The fraction of sp³-hybridized carbons (Fsp3) is 0.615. The highest BCUT2D eigenvalue weighted by atomic mass is 16.5. The Morgan fingerprint density at radius 2 is 2.11 bits per heavy atom. The molecule has 1 saturated heterocycles. The molecule has 1 fully saturated rings. The fourth-order valence-electron chi connectivity index (χ4n) is 2.01. The first-order valence-electron chi connectivity index (χ1n) is 6.49. The van der Waals surface area contributed by atoms with Gasteiger partial charge in [0, 0.05) is 25.0 Å². The van der Waals surface area contributed by atoms with Crippen LogP contribution >= 0.6 is 0 Å². The minimum Gasteiger partial charge on any atom is -0.491 e. The highest BCUT2D eigenvalue weighted by Gasteiger charge is 2.14. The summed E-state index contributed by atoms with van der Waals surface area (Å²) < 4.78 is 5.47.